The summed E-state index contributed by atoms with van der Waals surface area (Å²) in [5.74, 6) is 0.419. The van der Waals surface area contributed by atoms with Gasteiger partial charge in [-0.1, -0.05) is 36.2 Å². The molecule has 0 radical (unpaired) electrons. The van der Waals surface area contributed by atoms with Crippen LogP contribution in [0.3, 0.4) is 0 Å². The Labute approximate surface area is 101 Å². The number of hydrogen-bond acceptors (Lipinski definition) is 2. The fraction of sp³-hybridized carbons (Fsp3) is 0.455. The monoisotopic (exact) mass is 247 g/mol. The van der Waals surface area contributed by atoms with Crippen LogP contribution >= 0.6 is 23.2 Å². The number of halogens is 2. The Bertz CT molecular complexity index is 297. The van der Waals surface area contributed by atoms with Crippen molar-refractivity contribution in [3.63, 3.8) is 0 Å². The van der Waals surface area contributed by atoms with Crippen molar-refractivity contribution in [1.29, 1.82) is 0 Å². The summed E-state index contributed by atoms with van der Waals surface area (Å²) in [7, 11) is 1.69. The molecule has 0 aromatic heterocycles. The lowest BCUT2D eigenvalue weighted by Crippen LogP contribution is -2.16. The van der Waals surface area contributed by atoms with E-state index in [9.17, 15) is 0 Å². The van der Waals surface area contributed by atoms with Gasteiger partial charge in [-0.2, -0.15) is 0 Å². The molecule has 0 saturated carbocycles. The number of anilines is 1. The Balaban J connectivity index is 2.57. The van der Waals surface area contributed by atoms with E-state index in [-0.39, 0.29) is 0 Å². The predicted octanol–water partition coefficient (Wildman–Crippen LogP) is 3.69. The van der Waals surface area contributed by atoms with Crippen molar-refractivity contribution < 1.29 is 4.74 Å². The van der Waals surface area contributed by atoms with E-state index in [1.54, 1.807) is 7.11 Å². The predicted molar refractivity (Wildman–Crippen MR) is 66.0 cm³/mol. The quantitative estimate of drug-likeness (QED) is 0.858. The van der Waals surface area contributed by atoms with E-state index >= 15 is 0 Å². The standard InChI is InChI=1S/C11H15Cl2NO/c1-8(7-15-2)6-14-11-9(12)4-3-5-10(11)13/h3-5,8,14H,6-7H2,1-2H3. The second kappa shape index (κ2) is 6.21. The highest BCUT2D eigenvalue weighted by Crippen LogP contribution is 2.29. The minimum Gasteiger partial charge on any atom is -0.384 e. The van der Waals surface area contributed by atoms with Crippen LogP contribution in [0.1, 0.15) is 6.92 Å². The Morgan fingerprint density at radius 1 is 1.33 bits per heavy atom. The molecule has 0 aliphatic carbocycles. The summed E-state index contributed by atoms with van der Waals surface area (Å²) in [5, 5.41) is 4.51. The zero-order chi connectivity index (χ0) is 11.3. The summed E-state index contributed by atoms with van der Waals surface area (Å²) in [6.45, 7) is 3.60. The van der Waals surface area contributed by atoms with Crippen LogP contribution in [-0.4, -0.2) is 20.3 Å². The number of benzene rings is 1. The molecular weight excluding hydrogens is 233 g/mol. The lowest BCUT2D eigenvalue weighted by molar-refractivity contribution is 0.164. The summed E-state index contributed by atoms with van der Waals surface area (Å²) in [6.07, 6.45) is 0. The van der Waals surface area contributed by atoms with Crippen molar-refractivity contribution in [3.05, 3.63) is 28.2 Å². The summed E-state index contributed by atoms with van der Waals surface area (Å²) in [6, 6.07) is 5.46. The third-order valence-corrected chi connectivity index (χ3v) is 2.67. The van der Waals surface area contributed by atoms with E-state index < -0.39 is 0 Å². The van der Waals surface area contributed by atoms with Crippen LogP contribution < -0.4 is 5.32 Å². The smallest absolute Gasteiger partial charge is 0.0719 e. The molecule has 0 spiro atoms. The molecule has 0 aliphatic rings. The van der Waals surface area contributed by atoms with Gasteiger partial charge in [0.25, 0.3) is 0 Å². The van der Waals surface area contributed by atoms with Crippen LogP contribution in [0.15, 0.2) is 18.2 Å². The molecule has 1 rings (SSSR count). The van der Waals surface area contributed by atoms with E-state index in [1.165, 1.54) is 0 Å². The first-order valence-electron chi connectivity index (χ1n) is 4.82. The maximum atomic E-state index is 6.01. The fourth-order valence-electron chi connectivity index (χ4n) is 1.29. The highest BCUT2D eigenvalue weighted by Gasteiger charge is 2.06. The molecule has 2 nitrogen and oxygen atoms in total. The largest absolute Gasteiger partial charge is 0.384 e. The minimum absolute atomic E-state index is 0.419. The second-order valence-electron chi connectivity index (χ2n) is 3.54. The summed E-state index contributed by atoms with van der Waals surface area (Å²) in [5.41, 5.74) is 0.795. The van der Waals surface area contributed by atoms with Gasteiger partial charge in [-0.05, 0) is 18.1 Å². The molecule has 4 heteroatoms. The van der Waals surface area contributed by atoms with Crippen molar-refractivity contribution in [1.82, 2.24) is 0 Å². The van der Waals surface area contributed by atoms with Gasteiger partial charge >= 0.3 is 0 Å². The maximum absolute atomic E-state index is 6.01. The van der Waals surface area contributed by atoms with Gasteiger partial charge < -0.3 is 10.1 Å². The first-order valence-corrected chi connectivity index (χ1v) is 5.57. The molecule has 1 atom stereocenters. The minimum atomic E-state index is 0.419. The zero-order valence-corrected chi connectivity index (χ0v) is 10.4. The lowest BCUT2D eigenvalue weighted by atomic mass is 10.2. The molecule has 1 aromatic carbocycles. The number of rotatable bonds is 5. The molecule has 0 fully saturated rings. The van der Waals surface area contributed by atoms with Crippen molar-refractivity contribution in [2.75, 3.05) is 25.6 Å². The van der Waals surface area contributed by atoms with E-state index in [1.807, 2.05) is 18.2 Å². The Hall–Kier alpha value is -0.440. The van der Waals surface area contributed by atoms with Crippen LogP contribution in [0.2, 0.25) is 10.0 Å². The fourth-order valence-corrected chi connectivity index (χ4v) is 1.82. The average Bonchev–Trinajstić information content (AvgIpc) is 2.17. The van der Waals surface area contributed by atoms with Gasteiger partial charge in [0.15, 0.2) is 0 Å². The average molecular weight is 248 g/mol. The van der Waals surface area contributed by atoms with E-state index in [0.29, 0.717) is 16.0 Å². The summed E-state index contributed by atoms with van der Waals surface area (Å²) < 4.78 is 5.05. The van der Waals surface area contributed by atoms with Gasteiger partial charge in [0.1, 0.15) is 0 Å². The number of para-hydroxylation sites is 1. The maximum Gasteiger partial charge on any atom is 0.0719 e. The molecule has 84 valence electrons. The Morgan fingerprint density at radius 3 is 2.47 bits per heavy atom. The molecule has 0 amide bonds. The summed E-state index contributed by atoms with van der Waals surface area (Å²) >= 11 is 12.0. The highest BCUT2D eigenvalue weighted by atomic mass is 35.5. The van der Waals surface area contributed by atoms with Crippen LogP contribution in [0.25, 0.3) is 0 Å². The third-order valence-electron chi connectivity index (χ3n) is 2.04. The van der Waals surface area contributed by atoms with E-state index in [0.717, 1.165) is 18.8 Å². The first kappa shape index (κ1) is 12.6. The molecule has 0 aliphatic heterocycles. The molecule has 15 heavy (non-hydrogen) atoms. The Morgan fingerprint density at radius 2 is 1.93 bits per heavy atom. The van der Waals surface area contributed by atoms with Gasteiger partial charge in [0, 0.05) is 13.7 Å². The van der Waals surface area contributed by atoms with Gasteiger partial charge in [-0.3, -0.25) is 0 Å². The second-order valence-corrected chi connectivity index (χ2v) is 4.35. The van der Waals surface area contributed by atoms with E-state index in [4.69, 9.17) is 27.9 Å². The molecule has 1 unspecified atom stereocenters. The topological polar surface area (TPSA) is 21.3 Å². The Kier molecular flexibility index (Phi) is 5.23. The van der Waals surface area contributed by atoms with Crippen LogP contribution in [0.5, 0.6) is 0 Å². The number of methoxy groups -OCH3 is 1. The SMILES string of the molecule is COCC(C)CNc1c(Cl)cccc1Cl. The first-order chi connectivity index (χ1) is 7.15. The molecule has 0 bridgehead atoms. The van der Waals surface area contributed by atoms with Gasteiger partial charge in [0.2, 0.25) is 0 Å². The number of nitrogens with one attached hydrogen (secondary N) is 1. The molecule has 1 aromatic rings. The number of ether oxygens (including phenoxy) is 1. The van der Waals surface area contributed by atoms with Gasteiger partial charge in [-0.15, -0.1) is 0 Å². The van der Waals surface area contributed by atoms with Crippen LogP contribution in [0.4, 0.5) is 5.69 Å². The van der Waals surface area contributed by atoms with Crippen molar-refractivity contribution in [3.8, 4) is 0 Å². The van der Waals surface area contributed by atoms with Gasteiger partial charge in [-0.25, -0.2) is 0 Å². The number of hydrogen-bond donors (Lipinski definition) is 1. The van der Waals surface area contributed by atoms with Crippen molar-refractivity contribution >= 4 is 28.9 Å². The lowest BCUT2D eigenvalue weighted by Gasteiger charge is -2.14. The van der Waals surface area contributed by atoms with Crippen LogP contribution in [-0.2, 0) is 4.74 Å². The molecule has 1 N–H and O–H groups in total. The summed E-state index contributed by atoms with van der Waals surface area (Å²) in [4.78, 5) is 0. The normalized spacial score (nSPS) is 12.5. The highest BCUT2D eigenvalue weighted by molar-refractivity contribution is 6.39. The zero-order valence-electron chi connectivity index (χ0n) is 8.89. The van der Waals surface area contributed by atoms with Crippen LogP contribution in [0, 0.1) is 5.92 Å². The van der Waals surface area contributed by atoms with Crippen molar-refractivity contribution in [2.45, 2.75) is 6.92 Å². The molecule has 0 saturated heterocycles. The van der Waals surface area contributed by atoms with Gasteiger partial charge in [0.05, 0.1) is 22.3 Å². The third kappa shape index (κ3) is 3.90. The van der Waals surface area contributed by atoms with Crippen molar-refractivity contribution in [2.24, 2.45) is 5.92 Å². The molecule has 0 heterocycles. The molecular formula is C11H15Cl2NO. The van der Waals surface area contributed by atoms with E-state index in [2.05, 4.69) is 12.2 Å².